The number of halogens is 2. The Labute approximate surface area is 81.7 Å². The first-order valence-corrected chi connectivity index (χ1v) is 4.73. The van der Waals surface area contributed by atoms with E-state index in [0.29, 0.717) is 6.04 Å². The molecule has 1 aromatic carbocycles. The van der Waals surface area contributed by atoms with E-state index in [1.54, 1.807) is 6.07 Å². The van der Waals surface area contributed by atoms with Crippen molar-refractivity contribution in [2.45, 2.75) is 18.9 Å². The van der Waals surface area contributed by atoms with Crippen molar-refractivity contribution in [2.24, 2.45) is 0 Å². The zero-order valence-electron chi connectivity index (χ0n) is 6.48. The third kappa shape index (κ3) is 1.85. The van der Waals surface area contributed by atoms with Crippen molar-refractivity contribution in [3.63, 3.8) is 0 Å². The normalized spacial score (nSPS) is 16.2. The van der Waals surface area contributed by atoms with Crippen LogP contribution >= 0.6 is 23.2 Å². The van der Waals surface area contributed by atoms with Crippen LogP contribution in [-0.2, 0) is 0 Å². The Balaban J connectivity index is 2.21. The Kier molecular flexibility index (Phi) is 2.16. The van der Waals surface area contributed by atoms with Gasteiger partial charge < -0.3 is 5.32 Å². The molecule has 1 nitrogen and oxygen atoms in total. The largest absolute Gasteiger partial charge is 0.381 e. The fourth-order valence-electron chi connectivity index (χ4n) is 1.06. The highest BCUT2D eigenvalue weighted by molar-refractivity contribution is 6.35. The first-order chi connectivity index (χ1) is 5.75. The molecule has 2 rings (SSSR count). The van der Waals surface area contributed by atoms with Gasteiger partial charge in [-0.15, -0.1) is 0 Å². The van der Waals surface area contributed by atoms with Crippen LogP contribution in [-0.4, -0.2) is 6.04 Å². The van der Waals surface area contributed by atoms with Gasteiger partial charge >= 0.3 is 0 Å². The van der Waals surface area contributed by atoms with Gasteiger partial charge in [0, 0.05) is 11.1 Å². The van der Waals surface area contributed by atoms with Gasteiger partial charge in [0.2, 0.25) is 0 Å². The standard InChI is InChI=1S/C9H9Cl2N/c10-6-1-4-8(11)9(5-6)12-7-2-3-7/h1,4-5,7,12H,2-3H2. The highest BCUT2D eigenvalue weighted by Gasteiger charge is 2.21. The van der Waals surface area contributed by atoms with Crippen LogP contribution in [0.2, 0.25) is 10.0 Å². The molecule has 0 atom stereocenters. The van der Waals surface area contributed by atoms with Gasteiger partial charge in [0.25, 0.3) is 0 Å². The van der Waals surface area contributed by atoms with Gasteiger partial charge in [-0.05, 0) is 31.0 Å². The minimum Gasteiger partial charge on any atom is -0.381 e. The van der Waals surface area contributed by atoms with E-state index in [1.165, 1.54) is 12.8 Å². The molecule has 0 aromatic heterocycles. The van der Waals surface area contributed by atoms with Crippen molar-refractivity contribution in [3.05, 3.63) is 28.2 Å². The third-order valence-electron chi connectivity index (χ3n) is 1.87. The van der Waals surface area contributed by atoms with E-state index in [9.17, 15) is 0 Å². The first kappa shape index (κ1) is 8.21. The van der Waals surface area contributed by atoms with Gasteiger partial charge in [-0.1, -0.05) is 23.2 Å². The molecule has 0 unspecified atom stereocenters. The van der Waals surface area contributed by atoms with E-state index < -0.39 is 0 Å². The van der Waals surface area contributed by atoms with Crippen molar-refractivity contribution in [1.82, 2.24) is 0 Å². The average Bonchev–Trinajstić information content (AvgIpc) is 2.81. The quantitative estimate of drug-likeness (QED) is 0.772. The predicted octanol–water partition coefficient (Wildman–Crippen LogP) is 3.57. The molecule has 0 aliphatic heterocycles. The third-order valence-corrected chi connectivity index (χ3v) is 2.43. The van der Waals surface area contributed by atoms with E-state index in [0.717, 1.165) is 15.7 Å². The van der Waals surface area contributed by atoms with Crippen molar-refractivity contribution >= 4 is 28.9 Å². The van der Waals surface area contributed by atoms with Gasteiger partial charge in [-0.25, -0.2) is 0 Å². The zero-order valence-corrected chi connectivity index (χ0v) is 7.99. The summed E-state index contributed by atoms with van der Waals surface area (Å²) in [5.41, 5.74) is 0.951. The lowest BCUT2D eigenvalue weighted by Gasteiger charge is -2.06. The molecule has 1 fully saturated rings. The summed E-state index contributed by atoms with van der Waals surface area (Å²) in [7, 11) is 0. The molecule has 0 bridgehead atoms. The van der Waals surface area contributed by atoms with Crippen LogP contribution in [0.1, 0.15) is 12.8 Å². The minimum absolute atomic E-state index is 0.612. The minimum atomic E-state index is 0.612. The van der Waals surface area contributed by atoms with E-state index in [4.69, 9.17) is 23.2 Å². The molecule has 1 aliphatic carbocycles. The summed E-state index contributed by atoms with van der Waals surface area (Å²) in [5, 5.41) is 4.78. The van der Waals surface area contributed by atoms with Crippen LogP contribution in [0.3, 0.4) is 0 Å². The molecule has 1 aliphatic rings. The van der Waals surface area contributed by atoms with Gasteiger partial charge in [-0.3, -0.25) is 0 Å². The summed E-state index contributed by atoms with van der Waals surface area (Å²) in [6.07, 6.45) is 2.48. The molecular weight excluding hydrogens is 193 g/mol. The van der Waals surface area contributed by atoms with Gasteiger partial charge in [0.15, 0.2) is 0 Å². The lowest BCUT2D eigenvalue weighted by Crippen LogP contribution is -2.00. The average molecular weight is 202 g/mol. The summed E-state index contributed by atoms with van der Waals surface area (Å²) in [6.45, 7) is 0. The summed E-state index contributed by atoms with van der Waals surface area (Å²) in [6, 6.07) is 6.08. The number of nitrogens with one attached hydrogen (secondary N) is 1. The molecule has 1 saturated carbocycles. The Morgan fingerprint density at radius 2 is 2.00 bits per heavy atom. The second kappa shape index (κ2) is 3.15. The number of anilines is 1. The molecule has 0 spiro atoms. The number of benzene rings is 1. The Hall–Kier alpha value is -0.400. The van der Waals surface area contributed by atoms with Crippen LogP contribution in [0.4, 0.5) is 5.69 Å². The van der Waals surface area contributed by atoms with Crippen molar-refractivity contribution in [2.75, 3.05) is 5.32 Å². The van der Waals surface area contributed by atoms with E-state index in [2.05, 4.69) is 5.32 Å². The van der Waals surface area contributed by atoms with Crippen molar-refractivity contribution in [1.29, 1.82) is 0 Å². The van der Waals surface area contributed by atoms with E-state index in [-0.39, 0.29) is 0 Å². The number of hydrogen-bond donors (Lipinski definition) is 1. The molecule has 1 N–H and O–H groups in total. The van der Waals surface area contributed by atoms with E-state index in [1.807, 2.05) is 12.1 Å². The maximum Gasteiger partial charge on any atom is 0.0638 e. The van der Waals surface area contributed by atoms with Crippen molar-refractivity contribution in [3.8, 4) is 0 Å². The van der Waals surface area contributed by atoms with Crippen LogP contribution < -0.4 is 5.32 Å². The predicted molar refractivity (Wildman–Crippen MR) is 53.1 cm³/mol. The SMILES string of the molecule is Clc1ccc(Cl)c(NC2CC2)c1. The van der Waals surface area contributed by atoms with Crippen LogP contribution in [0, 0.1) is 0 Å². The fraction of sp³-hybridized carbons (Fsp3) is 0.333. The molecule has 64 valence electrons. The van der Waals surface area contributed by atoms with Crippen LogP contribution in [0.15, 0.2) is 18.2 Å². The molecule has 3 heteroatoms. The maximum absolute atomic E-state index is 5.95. The second-order valence-electron chi connectivity index (χ2n) is 3.04. The summed E-state index contributed by atoms with van der Waals surface area (Å²) >= 11 is 11.8. The molecule has 0 saturated heterocycles. The number of hydrogen-bond acceptors (Lipinski definition) is 1. The lowest BCUT2D eigenvalue weighted by molar-refractivity contribution is 1.16. The Bertz CT molecular complexity index is 295. The van der Waals surface area contributed by atoms with Crippen molar-refractivity contribution < 1.29 is 0 Å². The second-order valence-corrected chi connectivity index (χ2v) is 3.89. The van der Waals surface area contributed by atoms with Crippen LogP contribution in [0.25, 0.3) is 0 Å². The number of rotatable bonds is 2. The lowest BCUT2D eigenvalue weighted by atomic mass is 10.3. The smallest absolute Gasteiger partial charge is 0.0638 e. The first-order valence-electron chi connectivity index (χ1n) is 3.97. The van der Waals surface area contributed by atoms with E-state index >= 15 is 0 Å². The molecule has 0 radical (unpaired) electrons. The topological polar surface area (TPSA) is 12.0 Å². The van der Waals surface area contributed by atoms with Gasteiger partial charge in [0.1, 0.15) is 0 Å². The van der Waals surface area contributed by atoms with Crippen LogP contribution in [0.5, 0.6) is 0 Å². The molecule has 0 amide bonds. The summed E-state index contributed by atoms with van der Waals surface area (Å²) < 4.78 is 0. The highest BCUT2D eigenvalue weighted by atomic mass is 35.5. The fourth-order valence-corrected chi connectivity index (χ4v) is 1.40. The Morgan fingerprint density at radius 1 is 1.25 bits per heavy atom. The highest BCUT2D eigenvalue weighted by Crippen LogP contribution is 2.31. The molecular formula is C9H9Cl2N. The zero-order chi connectivity index (χ0) is 8.55. The Morgan fingerprint density at radius 3 is 2.67 bits per heavy atom. The summed E-state index contributed by atoms with van der Waals surface area (Å²) in [4.78, 5) is 0. The molecule has 12 heavy (non-hydrogen) atoms. The monoisotopic (exact) mass is 201 g/mol. The van der Waals surface area contributed by atoms with Gasteiger partial charge in [0.05, 0.1) is 10.7 Å². The maximum atomic E-state index is 5.95. The van der Waals surface area contributed by atoms with Gasteiger partial charge in [-0.2, -0.15) is 0 Å². The molecule has 0 heterocycles. The molecule has 1 aromatic rings. The summed E-state index contributed by atoms with van der Waals surface area (Å²) in [5.74, 6) is 0.